The summed E-state index contributed by atoms with van der Waals surface area (Å²) in [6, 6.07) is 19.9. The summed E-state index contributed by atoms with van der Waals surface area (Å²) in [5, 5.41) is 12.6. The van der Waals surface area contributed by atoms with Crippen LogP contribution in [0.5, 0.6) is 11.5 Å². The second-order valence-electron chi connectivity index (χ2n) is 8.31. The van der Waals surface area contributed by atoms with Crippen molar-refractivity contribution in [2.45, 2.75) is 6.54 Å². The van der Waals surface area contributed by atoms with Crippen molar-refractivity contribution in [1.29, 1.82) is 0 Å². The molecule has 0 radical (unpaired) electrons. The molecule has 1 amide bonds. The van der Waals surface area contributed by atoms with Crippen LogP contribution in [0.15, 0.2) is 66.7 Å². The Kier molecular flexibility index (Phi) is 6.05. The predicted molar refractivity (Wildman–Crippen MR) is 128 cm³/mol. The quantitative estimate of drug-likeness (QED) is 0.581. The van der Waals surface area contributed by atoms with Crippen LogP contribution in [0.4, 0.5) is 11.4 Å². The summed E-state index contributed by atoms with van der Waals surface area (Å²) < 4.78 is 10.8. The van der Waals surface area contributed by atoms with Crippen LogP contribution in [0, 0.1) is 0 Å². The zero-order valence-electron chi connectivity index (χ0n) is 18.6. The average molecular weight is 460 g/mol. The van der Waals surface area contributed by atoms with Gasteiger partial charge in [-0.15, -0.1) is 0 Å². The van der Waals surface area contributed by atoms with Crippen LogP contribution in [0.25, 0.3) is 0 Å². The second-order valence-corrected chi connectivity index (χ2v) is 8.31. The first-order chi connectivity index (χ1) is 16.6. The molecule has 8 heteroatoms. The molecule has 1 fully saturated rings. The predicted octanol–water partition coefficient (Wildman–Crippen LogP) is 3.69. The van der Waals surface area contributed by atoms with Gasteiger partial charge in [-0.1, -0.05) is 24.3 Å². The van der Waals surface area contributed by atoms with Gasteiger partial charge in [0.2, 0.25) is 6.79 Å². The molecule has 1 saturated heterocycles. The summed E-state index contributed by atoms with van der Waals surface area (Å²) in [6.07, 6.45) is 0. The molecule has 5 rings (SSSR count). The van der Waals surface area contributed by atoms with Gasteiger partial charge in [0.25, 0.3) is 5.91 Å². The molecule has 0 saturated carbocycles. The molecule has 174 valence electrons. The van der Waals surface area contributed by atoms with Crippen molar-refractivity contribution in [3.63, 3.8) is 0 Å². The molecule has 0 spiro atoms. The molecule has 3 aromatic rings. The highest BCUT2D eigenvalue weighted by molar-refractivity contribution is 6.05. The number of amides is 1. The molecule has 3 aromatic carbocycles. The molecule has 0 bridgehead atoms. The number of fused-ring (bicyclic) bond motifs is 1. The zero-order chi connectivity index (χ0) is 23.5. The maximum Gasteiger partial charge on any atom is 0.337 e. The lowest BCUT2D eigenvalue weighted by atomic mass is 10.1. The van der Waals surface area contributed by atoms with Gasteiger partial charge in [-0.2, -0.15) is 0 Å². The van der Waals surface area contributed by atoms with E-state index < -0.39 is 5.97 Å². The van der Waals surface area contributed by atoms with E-state index in [2.05, 4.69) is 15.1 Å². The molecular formula is C26H25N3O5. The summed E-state index contributed by atoms with van der Waals surface area (Å²) in [5.41, 5.74) is 2.96. The molecule has 2 N–H and O–H groups in total. The van der Waals surface area contributed by atoms with E-state index in [1.165, 1.54) is 6.07 Å². The maximum absolute atomic E-state index is 12.4. The van der Waals surface area contributed by atoms with Gasteiger partial charge in [-0.3, -0.25) is 9.69 Å². The number of carboxylic acids is 1. The fourth-order valence-electron chi connectivity index (χ4n) is 4.30. The largest absolute Gasteiger partial charge is 0.478 e. The third-order valence-electron chi connectivity index (χ3n) is 6.08. The number of ether oxygens (including phenoxy) is 2. The van der Waals surface area contributed by atoms with Gasteiger partial charge in [0.15, 0.2) is 11.5 Å². The number of anilines is 2. The Labute approximate surface area is 197 Å². The Morgan fingerprint density at radius 3 is 2.41 bits per heavy atom. The molecule has 0 aliphatic carbocycles. The first kappa shape index (κ1) is 21.8. The lowest BCUT2D eigenvalue weighted by Gasteiger charge is -2.36. The van der Waals surface area contributed by atoms with Crippen molar-refractivity contribution in [2.24, 2.45) is 0 Å². The van der Waals surface area contributed by atoms with Crippen molar-refractivity contribution in [1.82, 2.24) is 4.90 Å². The van der Waals surface area contributed by atoms with Gasteiger partial charge < -0.3 is 24.8 Å². The molecule has 2 aliphatic rings. The third-order valence-corrected chi connectivity index (χ3v) is 6.08. The number of piperazine rings is 1. The highest BCUT2D eigenvalue weighted by Crippen LogP contribution is 2.33. The number of nitrogens with zero attached hydrogens (tertiary/aromatic N) is 2. The highest BCUT2D eigenvalue weighted by Gasteiger charge is 2.23. The van der Waals surface area contributed by atoms with Crippen molar-refractivity contribution in [3.05, 3.63) is 83.4 Å². The Morgan fingerprint density at radius 1 is 0.882 bits per heavy atom. The number of carboxylic acid groups (broad SMARTS) is 1. The summed E-state index contributed by atoms with van der Waals surface area (Å²) in [7, 11) is 0. The average Bonchev–Trinajstić information content (AvgIpc) is 3.33. The fourth-order valence-corrected chi connectivity index (χ4v) is 4.30. The standard InChI is InChI=1S/C26H25N3O5/c30-25(19-4-2-1-3-5-19)27-20-7-8-22(21(15-20)26(31)32)29-12-10-28(11-13-29)16-18-6-9-23-24(14-18)34-17-33-23/h1-9,14-15H,10-13,16-17H2,(H,27,30)(H,31,32). The number of benzene rings is 3. The SMILES string of the molecule is O=C(Nc1ccc(N2CCN(Cc3ccc4c(c3)OCO4)CC2)c(C(=O)O)c1)c1ccccc1. The smallest absolute Gasteiger partial charge is 0.337 e. The molecule has 2 heterocycles. The topological polar surface area (TPSA) is 91.3 Å². The maximum atomic E-state index is 12.4. The van der Waals surface area contributed by atoms with Crippen LogP contribution in [0.1, 0.15) is 26.3 Å². The van der Waals surface area contributed by atoms with E-state index in [4.69, 9.17) is 9.47 Å². The first-order valence-corrected chi connectivity index (χ1v) is 11.2. The Hall–Kier alpha value is -4.04. The van der Waals surface area contributed by atoms with Crippen LogP contribution in [0.3, 0.4) is 0 Å². The number of carbonyl (C=O) groups excluding carboxylic acids is 1. The van der Waals surface area contributed by atoms with E-state index >= 15 is 0 Å². The van der Waals surface area contributed by atoms with Crippen LogP contribution in [-0.2, 0) is 6.54 Å². The lowest BCUT2D eigenvalue weighted by molar-refractivity contribution is 0.0697. The fraction of sp³-hybridized carbons (Fsp3) is 0.231. The third kappa shape index (κ3) is 4.67. The summed E-state index contributed by atoms with van der Waals surface area (Å²) in [5.74, 6) is 0.260. The lowest BCUT2D eigenvalue weighted by Crippen LogP contribution is -2.46. The first-order valence-electron chi connectivity index (χ1n) is 11.2. The van der Waals surface area contributed by atoms with Crippen molar-refractivity contribution >= 4 is 23.3 Å². The van der Waals surface area contributed by atoms with Gasteiger partial charge in [-0.05, 0) is 48.0 Å². The van der Waals surface area contributed by atoms with E-state index in [-0.39, 0.29) is 18.3 Å². The minimum atomic E-state index is -1.02. The van der Waals surface area contributed by atoms with Crippen LogP contribution < -0.4 is 19.7 Å². The normalized spacial score (nSPS) is 15.2. The molecule has 0 unspecified atom stereocenters. The highest BCUT2D eigenvalue weighted by atomic mass is 16.7. The van der Waals surface area contributed by atoms with E-state index in [9.17, 15) is 14.7 Å². The molecule has 8 nitrogen and oxygen atoms in total. The molecular weight excluding hydrogens is 434 g/mol. The van der Waals surface area contributed by atoms with Crippen LogP contribution in [0.2, 0.25) is 0 Å². The van der Waals surface area contributed by atoms with Crippen molar-refractivity contribution in [2.75, 3.05) is 43.2 Å². The Bertz CT molecular complexity index is 1210. The summed E-state index contributed by atoms with van der Waals surface area (Å²) in [4.78, 5) is 28.9. The zero-order valence-corrected chi connectivity index (χ0v) is 18.6. The Morgan fingerprint density at radius 2 is 1.65 bits per heavy atom. The van der Waals surface area contributed by atoms with Gasteiger partial charge in [-0.25, -0.2) is 4.79 Å². The monoisotopic (exact) mass is 459 g/mol. The van der Waals surface area contributed by atoms with Gasteiger partial charge in [0.1, 0.15) is 0 Å². The minimum absolute atomic E-state index is 0.176. The van der Waals surface area contributed by atoms with Crippen LogP contribution in [-0.4, -0.2) is 54.9 Å². The van der Waals surface area contributed by atoms with E-state index in [0.29, 0.717) is 30.0 Å². The van der Waals surface area contributed by atoms with Crippen molar-refractivity contribution < 1.29 is 24.2 Å². The van der Waals surface area contributed by atoms with Gasteiger partial charge in [0, 0.05) is 44.0 Å². The van der Waals surface area contributed by atoms with E-state index in [1.807, 2.05) is 24.3 Å². The van der Waals surface area contributed by atoms with Gasteiger partial charge >= 0.3 is 5.97 Å². The van der Waals surface area contributed by atoms with Crippen LogP contribution >= 0.6 is 0 Å². The number of aromatic carboxylic acids is 1. The summed E-state index contributed by atoms with van der Waals surface area (Å²) >= 11 is 0. The molecule has 2 aliphatic heterocycles. The minimum Gasteiger partial charge on any atom is -0.478 e. The van der Waals surface area contributed by atoms with Crippen molar-refractivity contribution in [3.8, 4) is 11.5 Å². The number of carbonyl (C=O) groups is 2. The number of nitrogens with one attached hydrogen (secondary N) is 1. The van der Waals surface area contributed by atoms with E-state index in [0.717, 1.165) is 36.7 Å². The Balaban J connectivity index is 1.24. The number of hydrogen-bond acceptors (Lipinski definition) is 6. The molecule has 0 aromatic heterocycles. The second kappa shape index (κ2) is 9.44. The summed E-state index contributed by atoms with van der Waals surface area (Å²) in [6.45, 7) is 4.08. The molecule has 0 atom stereocenters. The van der Waals surface area contributed by atoms with E-state index in [1.54, 1.807) is 36.4 Å². The van der Waals surface area contributed by atoms with Gasteiger partial charge in [0.05, 0.1) is 11.3 Å². The molecule has 34 heavy (non-hydrogen) atoms. The number of hydrogen-bond donors (Lipinski definition) is 2. The number of rotatable bonds is 6.